The third-order valence-electron chi connectivity index (χ3n) is 5.63. The Labute approximate surface area is 227 Å². The van der Waals surface area contributed by atoms with Crippen molar-refractivity contribution in [3.8, 4) is 0 Å². The molecule has 2 amide bonds. The maximum Gasteiger partial charge on any atom is 0.435 e. The number of alkyl halides is 7. The van der Waals surface area contributed by atoms with Gasteiger partial charge in [-0.15, -0.1) is 0 Å². The van der Waals surface area contributed by atoms with E-state index in [0.717, 1.165) is 6.92 Å². The molecule has 2 N–H and O–H groups in total. The van der Waals surface area contributed by atoms with Crippen LogP contribution in [0.15, 0.2) is 48.5 Å². The van der Waals surface area contributed by atoms with E-state index in [1.807, 2.05) is 0 Å². The van der Waals surface area contributed by atoms with Gasteiger partial charge in [-0.3, -0.25) is 9.59 Å². The first-order valence-corrected chi connectivity index (χ1v) is 11.8. The van der Waals surface area contributed by atoms with Crippen molar-refractivity contribution in [2.45, 2.75) is 38.3 Å². The van der Waals surface area contributed by atoms with Crippen LogP contribution in [0.25, 0.3) is 0 Å². The summed E-state index contributed by atoms with van der Waals surface area (Å²) in [6.45, 7) is 2.56. The van der Waals surface area contributed by atoms with E-state index in [1.54, 1.807) is 0 Å². The molecule has 0 saturated heterocycles. The summed E-state index contributed by atoms with van der Waals surface area (Å²) >= 11 is 11.8. The lowest BCUT2D eigenvalue weighted by molar-refractivity contribution is -0.348. The van der Waals surface area contributed by atoms with Gasteiger partial charge in [-0.05, 0) is 60.9 Å². The number of carbonyl (C=O) groups excluding carboxylic acids is 2. The topological polar surface area (TPSA) is 71.1 Å². The Morgan fingerprint density at radius 3 is 2.10 bits per heavy atom. The lowest BCUT2D eigenvalue weighted by atomic mass is 9.89. The molecule has 0 saturated carbocycles. The number of nitrogens with zero attached hydrogens (tertiary/aromatic N) is 1. The molecule has 0 atom stereocenters. The molecule has 0 fully saturated rings. The molecule has 0 spiro atoms. The summed E-state index contributed by atoms with van der Waals surface area (Å²) < 4.78 is 94.1. The first-order chi connectivity index (χ1) is 18.0. The van der Waals surface area contributed by atoms with Crippen molar-refractivity contribution in [2.75, 3.05) is 10.6 Å². The van der Waals surface area contributed by atoms with Gasteiger partial charge in [0.05, 0.1) is 5.02 Å². The number of aromatic nitrogens is 1. The van der Waals surface area contributed by atoms with Crippen molar-refractivity contribution < 1.29 is 40.3 Å². The van der Waals surface area contributed by atoms with Crippen LogP contribution >= 0.6 is 23.2 Å². The second-order valence-electron chi connectivity index (χ2n) is 8.29. The fourth-order valence-corrected chi connectivity index (χ4v) is 4.04. The number of anilines is 2. The summed E-state index contributed by atoms with van der Waals surface area (Å²) in [5.74, 6) is -1.53. The van der Waals surface area contributed by atoms with E-state index >= 15 is 0 Å². The van der Waals surface area contributed by atoms with Crippen molar-refractivity contribution in [3.63, 3.8) is 0 Å². The molecule has 3 aromatic rings. The molecule has 0 aliphatic carbocycles. The Morgan fingerprint density at radius 1 is 0.872 bits per heavy atom. The zero-order chi connectivity index (χ0) is 29.3. The molecule has 0 aliphatic rings. The average Bonchev–Trinajstić information content (AvgIpc) is 2.84. The van der Waals surface area contributed by atoms with Gasteiger partial charge in [0.2, 0.25) is 0 Å². The molecule has 1 heterocycles. The molecule has 0 bridgehead atoms. The average molecular weight is 596 g/mol. The van der Waals surface area contributed by atoms with Crippen molar-refractivity contribution in [3.05, 3.63) is 86.7 Å². The largest absolute Gasteiger partial charge is 0.435 e. The van der Waals surface area contributed by atoms with E-state index in [-0.39, 0.29) is 50.4 Å². The number of hydrogen-bond acceptors (Lipinski definition) is 3. The van der Waals surface area contributed by atoms with Gasteiger partial charge < -0.3 is 10.6 Å². The van der Waals surface area contributed by atoms with Crippen LogP contribution in [0.5, 0.6) is 0 Å². The summed E-state index contributed by atoms with van der Waals surface area (Å²) in [7, 11) is 0. The van der Waals surface area contributed by atoms with Crippen LogP contribution in [0.1, 0.15) is 44.5 Å². The number of pyridine rings is 1. The van der Waals surface area contributed by atoms with Crippen molar-refractivity contribution in [1.29, 1.82) is 0 Å². The molecule has 3 rings (SSSR count). The molecule has 2 aromatic carbocycles. The van der Waals surface area contributed by atoms with E-state index in [9.17, 15) is 40.3 Å². The van der Waals surface area contributed by atoms with Crippen LogP contribution in [-0.2, 0) is 12.1 Å². The van der Waals surface area contributed by atoms with E-state index in [4.69, 9.17) is 23.2 Å². The Hall–Kier alpha value is -3.38. The van der Waals surface area contributed by atoms with Crippen LogP contribution in [0.2, 0.25) is 10.2 Å². The molecular formula is C25H18Cl2F7N3O2. The zero-order valence-corrected chi connectivity index (χ0v) is 21.5. The van der Waals surface area contributed by atoms with Crippen LogP contribution in [0.3, 0.4) is 0 Å². The fraction of sp³-hybridized carbons (Fsp3) is 0.240. The second-order valence-corrected chi connectivity index (χ2v) is 9.08. The molecule has 0 radical (unpaired) electrons. The Balaban J connectivity index is 1.91. The van der Waals surface area contributed by atoms with Crippen LogP contribution < -0.4 is 10.6 Å². The molecular weight excluding hydrogens is 578 g/mol. The monoisotopic (exact) mass is 595 g/mol. The molecule has 1 aromatic heterocycles. The zero-order valence-electron chi connectivity index (χ0n) is 20.0. The molecule has 0 unspecified atom stereocenters. The highest BCUT2D eigenvalue weighted by Gasteiger charge is 2.73. The van der Waals surface area contributed by atoms with Gasteiger partial charge in [0.1, 0.15) is 10.8 Å². The number of halogens is 9. The predicted molar refractivity (Wildman–Crippen MR) is 132 cm³/mol. The summed E-state index contributed by atoms with van der Waals surface area (Å²) in [6.07, 6.45) is -12.7. The summed E-state index contributed by atoms with van der Waals surface area (Å²) in [5.41, 5.74) is -7.76. The number of nitrogens with one attached hydrogen (secondary N) is 2. The third kappa shape index (κ3) is 6.11. The number of carbonyl (C=O) groups is 2. The van der Waals surface area contributed by atoms with E-state index < -0.39 is 35.4 Å². The molecule has 5 nitrogen and oxygen atoms in total. The van der Waals surface area contributed by atoms with Crippen molar-refractivity contribution in [2.24, 2.45) is 0 Å². The van der Waals surface area contributed by atoms with Gasteiger partial charge >= 0.3 is 18.0 Å². The fourth-order valence-electron chi connectivity index (χ4n) is 3.70. The highest BCUT2D eigenvalue weighted by Crippen LogP contribution is 2.53. The van der Waals surface area contributed by atoms with Gasteiger partial charge in [-0.1, -0.05) is 42.3 Å². The third-order valence-corrected chi connectivity index (χ3v) is 6.14. The standard InChI is InChI=1S/C25H18Cl2F7N3O2/c1-3-13-10-15(23(28,24(29,30)31)25(32,33)34)9-12(2)19(13)37-21(38)14-5-4-6-16(11-14)35-22(39)20-17(26)7-8-18(27)36-20/h4-11H,3H2,1-2H3,(H,35,39)(H,37,38). The minimum atomic E-state index is -6.27. The minimum absolute atomic E-state index is 0.0151. The Kier molecular flexibility index (Phi) is 8.51. The van der Waals surface area contributed by atoms with Crippen LogP contribution in [0, 0.1) is 6.92 Å². The van der Waals surface area contributed by atoms with Crippen molar-refractivity contribution in [1.82, 2.24) is 4.98 Å². The first kappa shape index (κ1) is 30.2. The smallest absolute Gasteiger partial charge is 0.321 e. The number of amides is 2. The maximum absolute atomic E-state index is 14.6. The Morgan fingerprint density at radius 2 is 1.51 bits per heavy atom. The molecule has 39 heavy (non-hydrogen) atoms. The normalized spacial score (nSPS) is 12.3. The quantitative estimate of drug-likeness (QED) is 0.224. The van der Waals surface area contributed by atoms with Crippen molar-refractivity contribution >= 4 is 46.4 Å². The SMILES string of the molecule is CCc1cc(C(F)(C(F)(F)F)C(F)(F)F)cc(C)c1NC(=O)c1cccc(NC(=O)c2nc(Cl)ccc2Cl)c1. The summed E-state index contributed by atoms with van der Waals surface area (Å²) in [6, 6.07) is 9.05. The maximum atomic E-state index is 14.6. The Bertz CT molecular complexity index is 1410. The highest BCUT2D eigenvalue weighted by atomic mass is 35.5. The van der Waals surface area contributed by atoms with Gasteiger partial charge in [-0.25, -0.2) is 9.37 Å². The van der Waals surface area contributed by atoms with E-state index in [0.29, 0.717) is 12.1 Å². The van der Waals surface area contributed by atoms with Gasteiger partial charge in [0.15, 0.2) is 0 Å². The highest BCUT2D eigenvalue weighted by molar-refractivity contribution is 6.35. The van der Waals surface area contributed by atoms with Crippen LogP contribution in [0.4, 0.5) is 42.1 Å². The lowest BCUT2D eigenvalue weighted by Gasteiger charge is -2.31. The van der Waals surface area contributed by atoms with Crippen LogP contribution in [-0.4, -0.2) is 29.2 Å². The van der Waals surface area contributed by atoms with Gasteiger partial charge in [0, 0.05) is 22.5 Å². The first-order valence-electron chi connectivity index (χ1n) is 11.0. The number of hydrogen-bond donors (Lipinski definition) is 2. The van der Waals surface area contributed by atoms with Gasteiger partial charge in [-0.2, -0.15) is 26.3 Å². The molecule has 0 aliphatic heterocycles. The number of benzene rings is 2. The molecule has 14 heteroatoms. The van der Waals surface area contributed by atoms with E-state index in [1.165, 1.54) is 43.3 Å². The number of aryl methyl sites for hydroxylation is 2. The number of rotatable bonds is 6. The summed E-state index contributed by atoms with van der Waals surface area (Å²) in [5, 5.41) is 4.97. The molecule has 208 valence electrons. The second kappa shape index (κ2) is 11.0. The minimum Gasteiger partial charge on any atom is -0.321 e. The predicted octanol–water partition coefficient (Wildman–Crippen LogP) is 8.05. The summed E-state index contributed by atoms with van der Waals surface area (Å²) in [4.78, 5) is 29.3. The lowest BCUT2D eigenvalue weighted by Crippen LogP contribution is -2.50. The van der Waals surface area contributed by atoms with Gasteiger partial charge in [0.25, 0.3) is 11.8 Å². The van der Waals surface area contributed by atoms with E-state index in [2.05, 4.69) is 15.6 Å².